The van der Waals surface area contributed by atoms with E-state index in [1.165, 1.54) is 19.2 Å². The van der Waals surface area contributed by atoms with Crippen LogP contribution in [0.4, 0.5) is 5.82 Å². The largest absolute Gasteiger partial charge is 0.480 e. The Balaban J connectivity index is 1.44. The maximum absolute atomic E-state index is 11.7. The molecule has 4 rings (SSSR count). The maximum Gasteiger partial charge on any atom is 0.326 e. The molecule has 1 aliphatic rings. The molecule has 0 radical (unpaired) electrons. The van der Waals surface area contributed by atoms with E-state index in [0.29, 0.717) is 36.3 Å². The van der Waals surface area contributed by atoms with E-state index in [1.54, 1.807) is 12.3 Å². The molecule has 1 aromatic carbocycles. The zero-order valence-corrected chi connectivity index (χ0v) is 15.9. The maximum atomic E-state index is 11.7. The van der Waals surface area contributed by atoms with Gasteiger partial charge >= 0.3 is 5.97 Å². The van der Waals surface area contributed by atoms with Crippen molar-refractivity contribution in [2.45, 2.75) is 25.3 Å². The van der Waals surface area contributed by atoms with E-state index in [-0.39, 0.29) is 0 Å². The molecule has 1 fully saturated rings. The highest BCUT2D eigenvalue weighted by molar-refractivity contribution is 5.77. The van der Waals surface area contributed by atoms with E-state index in [2.05, 4.69) is 20.3 Å². The van der Waals surface area contributed by atoms with Gasteiger partial charge in [0.25, 0.3) is 0 Å². The van der Waals surface area contributed by atoms with Gasteiger partial charge in [-0.15, -0.1) is 0 Å². The van der Waals surface area contributed by atoms with E-state index in [4.69, 9.17) is 4.74 Å². The summed E-state index contributed by atoms with van der Waals surface area (Å²) in [5, 5.41) is 12.6. The highest BCUT2D eigenvalue weighted by atomic mass is 16.5. The summed E-state index contributed by atoms with van der Waals surface area (Å²) in [6, 6.07) is 14.1. The van der Waals surface area contributed by atoms with Crippen LogP contribution in [0.1, 0.15) is 18.4 Å². The first-order valence-electron chi connectivity index (χ1n) is 9.62. The number of nitrogens with one attached hydrogen (secondary N) is 1. The number of benzene rings is 1. The Morgan fingerprint density at radius 2 is 1.97 bits per heavy atom. The Hall–Kier alpha value is -3.48. The van der Waals surface area contributed by atoms with Crippen LogP contribution in [-0.4, -0.2) is 38.7 Å². The van der Waals surface area contributed by atoms with Crippen LogP contribution in [0, 0.1) is 5.92 Å². The van der Waals surface area contributed by atoms with Gasteiger partial charge in [-0.3, -0.25) is 0 Å². The second-order valence-electron chi connectivity index (χ2n) is 7.15. The number of nitrogens with zero attached hydrogens (tertiary/aromatic N) is 3. The molecule has 1 saturated carbocycles. The average molecular weight is 390 g/mol. The first kappa shape index (κ1) is 18.9. The topological polar surface area (TPSA) is 97.2 Å². The molecule has 1 unspecified atom stereocenters. The van der Waals surface area contributed by atoms with Crippen LogP contribution in [0.3, 0.4) is 0 Å². The fourth-order valence-electron chi connectivity index (χ4n) is 2.93. The van der Waals surface area contributed by atoms with Crippen LogP contribution in [0.15, 0.2) is 61.1 Å². The number of aromatic nitrogens is 3. The van der Waals surface area contributed by atoms with E-state index >= 15 is 0 Å². The van der Waals surface area contributed by atoms with Crippen molar-refractivity contribution in [3.8, 4) is 17.1 Å². The molecule has 1 atom stereocenters. The fourth-order valence-corrected chi connectivity index (χ4v) is 2.93. The number of aliphatic carboxylic acids is 1. The van der Waals surface area contributed by atoms with Gasteiger partial charge in [0.15, 0.2) is 0 Å². The van der Waals surface area contributed by atoms with Crippen molar-refractivity contribution in [1.82, 2.24) is 15.0 Å². The van der Waals surface area contributed by atoms with E-state index in [0.717, 1.165) is 11.1 Å². The van der Waals surface area contributed by atoms with Gasteiger partial charge in [-0.2, -0.15) is 0 Å². The number of carboxylic acid groups (broad SMARTS) is 1. The Morgan fingerprint density at radius 3 is 2.66 bits per heavy atom. The lowest BCUT2D eigenvalue weighted by atomic mass is 10.1. The minimum Gasteiger partial charge on any atom is -0.480 e. The summed E-state index contributed by atoms with van der Waals surface area (Å²) in [5.74, 6) is 0.784. The lowest BCUT2D eigenvalue weighted by Gasteiger charge is -2.15. The molecule has 0 spiro atoms. The van der Waals surface area contributed by atoms with Crippen LogP contribution in [0.25, 0.3) is 11.3 Å². The third-order valence-corrected chi connectivity index (χ3v) is 4.77. The molecule has 0 bridgehead atoms. The Kier molecular flexibility index (Phi) is 5.65. The Bertz CT molecular complexity index is 959. The number of hydrogen-bond acceptors (Lipinski definition) is 6. The summed E-state index contributed by atoms with van der Waals surface area (Å²) < 4.78 is 5.66. The van der Waals surface area contributed by atoms with Crippen molar-refractivity contribution in [3.63, 3.8) is 0 Å². The zero-order valence-electron chi connectivity index (χ0n) is 15.9. The molecule has 0 amide bonds. The fraction of sp³-hybridized carbons (Fsp3) is 0.273. The van der Waals surface area contributed by atoms with Gasteiger partial charge in [-0.05, 0) is 30.4 Å². The van der Waals surface area contributed by atoms with Crippen molar-refractivity contribution in [2.75, 3.05) is 11.9 Å². The summed E-state index contributed by atoms with van der Waals surface area (Å²) in [4.78, 5) is 24.5. The lowest BCUT2D eigenvalue weighted by molar-refractivity contribution is -0.137. The highest BCUT2D eigenvalue weighted by Gasteiger charge is 2.22. The molecule has 7 nitrogen and oxygen atoms in total. The lowest BCUT2D eigenvalue weighted by Crippen LogP contribution is -2.31. The van der Waals surface area contributed by atoms with Crippen LogP contribution < -0.4 is 10.1 Å². The molecule has 148 valence electrons. The van der Waals surface area contributed by atoms with Crippen molar-refractivity contribution in [2.24, 2.45) is 5.92 Å². The van der Waals surface area contributed by atoms with Crippen molar-refractivity contribution < 1.29 is 14.6 Å². The molecular weight excluding hydrogens is 368 g/mol. The summed E-state index contributed by atoms with van der Waals surface area (Å²) in [5.41, 5.74) is 2.41. The number of carbonyl (C=O) groups is 1. The monoisotopic (exact) mass is 390 g/mol. The smallest absolute Gasteiger partial charge is 0.326 e. The minimum absolute atomic E-state index is 0.351. The van der Waals surface area contributed by atoms with Gasteiger partial charge < -0.3 is 15.2 Å². The van der Waals surface area contributed by atoms with Crippen LogP contribution in [0.2, 0.25) is 0 Å². The van der Waals surface area contributed by atoms with Gasteiger partial charge in [0.2, 0.25) is 5.88 Å². The molecule has 2 N–H and O–H groups in total. The van der Waals surface area contributed by atoms with E-state index in [9.17, 15) is 9.90 Å². The molecule has 3 aromatic rings. The minimum atomic E-state index is -0.937. The van der Waals surface area contributed by atoms with Gasteiger partial charge in [-0.25, -0.2) is 19.7 Å². The molecule has 1 aliphatic carbocycles. The number of hydrogen-bond donors (Lipinski definition) is 2. The molecule has 0 saturated heterocycles. The standard InChI is InChI=1S/C22H22N4O3/c27-22(28)19(10-15-4-2-1-3-5-15)26-20-11-18(24-14-25-20)17-8-9-21(23-12-17)29-13-16-6-7-16/h1-5,8-9,11-12,14,16,19H,6-7,10,13H2,(H,27,28)(H,24,25,26). The third-order valence-electron chi connectivity index (χ3n) is 4.77. The number of anilines is 1. The van der Waals surface area contributed by atoms with Crippen LogP contribution in [0.5, 0.6) is 5.88 Å². The van der Waals surface area contributed by atoms with E-state index < -0.39 is 12.0 Å². The molecule has 2 heterocycles. The van der Waals surface area contributed by atoms with E-state index in [1.807, 2.05) is 42.5 Å². The number of carboxylic acids is 1. The summed E-state index contributed by atoms with van der Waals surface area (Å²) in [7, 11) is 0. The van der Waals surface area contributed by atoms with Gasteiger partial charge in [0, 0.05) is 30.3 Å². The summed E-state index contributed by atoms with van der Waals surface area (Å²) in [6.07, 6.45) is 5.93. The van der Waals surface area contributed by atoms with Crippen LogP contribution >= 0.6 is 0 Å². The predicted molar refractivity (Wildman–Crippen MR) is 109 cm³/mol. The summed E-state index contributed by atoms with van der Waals surface area (Å²) >= 11 is 0. The number of pyridine rings is 1. The number of rotatable bonds is 9. The second kappa shape index (κ2) is 8.68. The predicted octanol–water partition coefficient (Wildman–Crippen LogP) is 3.44. The second-order valence-corrected chi connectivity index (χ2v) is 7.15. The quantitative estimate of drug-likeness (QED) is 0.578. The first-order chi connectivity index (χ1) is 14.2. The van der Waals surface area contributed by atoms with Gasteiger partial charge in [0.05, 0.1) is 12.3 Å². The molecular formula is C22H22N4O3. The highest BCUT2D eigenvalue weighted by Crippen LogP contribution is 2.29. The zero-order chi connectivity index (χ0) is 20.1. The van der Waals surface area contributed by atoms with Gasteiger partial charge in [-0.1, -0.05) is 30.3 Å². The Morgan fingerprint density at radius 1 is 1.14 bits per heavy atom. The average Bonchev–Trinajstić information content (AvgIpc) is 3.58. The molecule has 2 aromatic heterocycles. The SMILES string of the molecule is O=C(O)C(Cc1ccccc1)Nc1cc(-c2ccc(OCC3CC3)nc2)ncn1. The molecule has 0 aliphatic heterocycles. The third kappa shape index (κ3) is 5.28. The van der Waals surface area contributed by atoms with Crippen molar-refractivity contribution in [3.05, 3.63) is 66.6 Å². The normalized spacial score (nSPS) is 14.2. The summed E-state index contributed by atoms with van der Waals surface area (Å²) in [6.45, 7) is 0.714. The Labute approximate surface area is 168 Å². The molecule has 29 heavy (non-hydrogen) atoms. The van der Waals surface area contributed by atoms with Gasteiger partial charge in [0.1, 0.15) is 18.2 Å². The first-order valence-corrected chi connectivity index (χ1v) is 9.62. The van der Waals surface area contributed by atoms with Crippen molar-refractivity contribution in [1.29, 1.82) is 0 Å². The molecule has 7 heteroatoms. The van der Waals surface area contributed by atoms with Crippen molar-refractivity contribution >= 4 is 11.8 Å². The van der Waals surface area contributed by atoms with Crippen LogP contribution in [-0.2, 0) is 11.2 Å². The number of ether oxygens (including phenoxy) is 1.